The van der Waals surface area contributed by atoms with Gasteiger partial charge < -0.3 is 0 Å². The molecule has 13 heteroatoms. The van der Waals surface area contributed by atoms with Gasteiger partial charge in [-0.1, -0.05) is 0 Å². The molecule has 0 N–H and O–H groups in total. The smallest absolute Gasteiger partial charge is 0.268 e. The lowest BCUT2D eigenvalue weighted by Crippen LogP contribution is -2.35. The minimum absolute atomic E-state index is 0.312. The Morgan fingerprint density at radius 1 is 0.824 bits per heavy atom. The highest BCUT2D eigenvalue weighted by Crippen LogP contribution is 2.48. The molecule has 0 radical (unpaired) electrons. The average molecular weight is 322 g/mol. The Morgan fingerprint density at radius 3 is 1.24 bits per heavy atom. The van der Waals surface area contributed by atoms with Gasteiger partial charge in [0.15, 0.2) is 0 Å². The van der Waals surface area contributed by atoms with Crippen molar-refractivity contribution in [1.82, 2.24) is 0 Å². The topological polar surface area (TPSA) is 86.7 Å². The van der Waals surface area contributed by atoms with Crippen molar-refractivity contribution >= 4 is 32.0 Å². The lowest BCUT2D eigenvalue weighted by Gasteiger charge is -2.19. The first-order chi connectivity index (χ1) is 7.33. The van der Waals surface area contributed by atoms with E-state index in [2.05, 4.69) is 8.37 Å². The molecular formula is C4H6F4O6S3. The second kappa shape index (κ2) is 4.87. The Hall–Kier alpha value is -0.110. The standard InChI is InChI=1S/C4H6F4O6S3/c1-13-16(9,10)3(5,6)15-4(7,8)17(11,12)14-2/h1-2H3. The van der Waals surface area contributed by atoms with E-state index in [9.17, 15) is 34.4 Å². The van der Waals surface area contributed by atoms with Gasteiger partial charge >= 0.3 is 29.4 Å². The molecule has 17 heavy (non-hydrogen) atoms. The fourth-order valence-corrected chi connectivity index (χ4v) is 3.11. The van der Waals surface area contributed by atoms with Gasteiger partial charge in [0.05, 0.1) is 14.2 Å². The third-order valence-corrected chi connectivity index (χ3v) is 5.50. The van der Waals surface area contributed by atoms with Crippen LogP contribution >= 0.6 is 11.8 Å². The predicted octanol–water partition coefficient (Wildman–Crippen LogP) is 0.773. The Morgan fingerprint density at radius 2 is 1.06 bits per heavy atom. The molecule has 0 saturated carbocycles. The summed E-state index contributed by atoms with van der Waals surface area (Å²) in [7, 11) is -10.7. The Labute approximate surface area is 98.5 Å². The van der Waals surface area contributed by atoms with Gasteiger partial charge in [-0.25, -0.2) is 0 Å². The molecule has 104 valence electrons. The van der Waals surface area contributed by atoms with Crippen molar-refractivity contribution in [1.29, 1.82) is 0 Å². The monoisotopic (exact) mass is 322 g/mol. The van der Waals surface area contributed by atoms with Gasteiger partial charge in [0.2, 0.25) is 0 Å². The molecule has 0 aromatic rings. The van der Waals surface area contributed by atoms with Crippen molar-refractivity contribution in [2.24, 2.45) is 0 Å². The molecule has 0 fully saturated rings. The van der Waals surface area contributed by atoms with Crippen molar-refractivity contribution < 1.29 is 42.8 Å². The van der Waals surface area contributed by atoms with Crippen LogP contribution in [0.3, 0.4) is 0 Å². The van der Waals surface area contributed by atoms with Crippen LogP contribution in [-0.4, -0.2) is 40.2 Å². The summed E-state index contributed by atoms with van der Waals surface area (Å²) in [6.07, 6.45) is 0. The van der Waals surface area contributed by atoms with Crippen LogP contribution in [0.5, 0.6) is 0 Å². The molecule has 0 amide bonds. The minimum Gasteiger partial charge on any atom is -0.268 e. The lowest BCUT2D eigenvalue weighted by molar-refractivity contribution is 0.140. The third kappa shape index (κ3) is 3.43. The number of alkyl halides is 4. The van der Waals surface area contributed by atoms with Crippen LogP contribution < -0.4 is 0 Å². The number of halogens is 4. The van der Waals surface area contributed by atoms with Crippen LogP contribution in [0.15, 0.2) is 0 Å². The predicted molar refractivity (Wildman–Crippen MR) is 49.3 cm³/mol. The summed E-state index contributed by atoms with van der Waals surface area (Å²) in [4.78, 5) is 0. The molecule has 0 aliphatic heterocycles. The normalized spacial score (nSPS) is 14.9. The van der Waals surface area contributed by atoms with Crippen LogP contribution in [0.1, 0.15) is 0 Å². The number of hydrogen-bond donors (Lipinski definition) is 0. The van der Waals surface area contributed by atoms with Crippen LogP contribution in [0.4, 0.5) is 17.6 Å². The van der Waals surface area contributed by atoms with E-state index >= 15 is 0 Å². The minimum atomic E-state index is -5.67. The van der Waals surface area contributed by atoms with Crippen molar-refractivity contribution in [3.05, 3.63) is 0 Å². The van der Waals surface area contributed by atoms with Gasteiger partial charge in [-0.3, -0.25) is 8.37 Å². The third-order valence-electron chi connectivity index (χ3n) is 1.26. The molecule has 0 aliphatic carbocycles. The summed E-state index contributed by atoms with van der Waals surface area (Å²) >= 11 is -1.93. The highest BCUT2D eigenvalue weighted by atomic mass is 32.3. The van der Waals surface area contributed by atoms with Crippen molar-refractivity contribution in [2.45, 2.75) is 9.17 Å². The van der Waals surface area contributed by atoms with E-state index in [0.29, 0.717) is 14.2 Å². The maximum Gasteiger partial charge on any atom is 0.423 e. The van der Waals surface area contributed by atoms with Crippen molar-refractivity contribution in [3.8, 4) is 0 Å². The van der Waals surface area contributed by atoms with Crippen LogP contribution in [-0.2, 0) is 28.6 Å². The number of hydrogen-bond acceptors (Lipinski definition) is 7. The fourth-order valence-electron chi connectivity index (χ4n) is 0.434. The molecule has 0 unspecified atom stereocenters. The van der Waals surface area contributed by atoms with E-state index in [-0.39, 0.29) is 0 Å². The summed E-state index contributed by atoms with van der Waals surface area (Å²) in [5.41, 5.74) is 0. The van der Waals surface area contributed by atoms with Crippen molar-refractivity contribution in [2.75, 3.05) is 14.2 Å². The quantitative estimate of drug-likeness (QED) is 0.527. The van der Waals surface area contributed by atoms with E-state index < -0.39 is 41.2 Å². The second-order valence-corrected chi connectivity index (χ2v) is 7.53. The van der Waals surface area contributed by atoms with E-state index in [0.717, 1.165) is 0 Å². The van der Waals surface area contributed by atoms with Crippen molar-refractivity contribution in [3.63, 3.8) is 0 Å². The zero-order valence-electron chi connectivity index (χ0n) is 8.19. The summed E-state index contributed by atoms with van der Waals surface area (Å²) in [6, 6.07) is 0. The molecule has 0 aromatic heterocycles. The Balaban J connectivity index is 5.37. The fraction of sp³-hybridized carbons (Fsp3) is 1.00. The van der Waals surface area contributed by atoms with Gasteiger partial charge in [0, 0.05) is 11.8 Å². The molecule has 0 atom stereocenters. The largest absolute Gasteiger partial charge is 0.423 e. The van der Waals surface area contributed by atoms with E-state index in [1.165, 1.54) is 0 Å². The van der Waals surface area contributed by atoms with Gasteiger partial charge in [-0.15, -0.1) is 0 Å². The highest BCUT2D eigenvalue weighted by molar-refractivity contribution is 8.19. The molecule has 0 bridgehead atoms. The van der Waals surface area contributed by atoms with Gasteiger partial charge in [-0.2, -0.15) is 34.4 Å². The van der Waals surface area contributed by atoms with Crippen LogP contribution in [0.2, 0.25) is 0 Å². The van der Waals surface area contributed by atoms with Gasteiger partial charge in [0.1, 0.15) is 0 Å². The first-order valence-electron chi connectivity index (χ1n) is 3.39. The van der Waals surface area contributed by atoms with Gasteiger partial charge in [0.25, 0.3) is 0 Å². The van der Waals surface area contributed by atoms with Crippen LogP contribution in [0, 0.1) is 0 Å². The zero-order chi connectivity index (χ0) is 14.1. The molecule has 6 nitrogen and oxygen atoms in total. The molecule has 0 spiro atoms. The number of thioether (sulfide) groups is 1. The zero-order valence-corrected chi connectivity index (χ0v) is 10.6. The SMILES string of the molecule is COS(=O)(=O)C(F)(F)SC(F)(F)S(=O)(=O)OC. The van der Waals surface area contributed by atoms with E-state index in [4.69, 9.17) is 0 Å². The van der Waals surface area contributed by atoms with E-state index in [1.54, 1.807) is 0 Å². The molecule has 0 rings (SSSR count). The summed E-state index contributed by atoms with van der Waals surface area (Å²) in [5.74, 6) is 0. The summed E-state index contributed by atoms with van der Waals surface area (Å²) in [6.45, 7) is 0. The molecule has 0 aliphatic rings. The summed E-state index contributed by atoms with van der Waals surface area (Å²) in [5, 5.41) is 0. The molecular weight excluding hydrogens is 316 g/mol. The second-order valence-electron chi connectivity index (χ2n) is 2.27. The highest BCUT2D eigenvalue weighted by Gasteiger charge is 2.60. The van der Waals surface area contributed by atoms with Crippen LogP contribution in [0.25, 0.3) is 0 Å². The van der Waals surface area contributed by atoms with E-state index in [1.807, 2.05) is 0 Å². The summed E-state index contributed by atoms with van der Waals surface area (Å²) < 4.78 is 89.8. The molecule has 0 heterocycles. The first kappa shape index (κ1) is 16.9. The Bertz CT molecular complexity index is 423. The molecule has 0 saturated heterocycles. The van der Waals surface area contributed by atoms with Gasteiger partial charge in [-0.05, 0) is 0 Å². The maximum absolute atomic E-state index is 12.8. The lowest BCUT2D eigenvalue weighted by atomic mass is 11.6. The number of rotatable bonds is 6. The molecule has 0 aromatic carbocycles. The average Bonchev–Trinajstić information content (AvgIpc) is 2.15. The maximum atomic E-state index is 12.8. The first-order valence-corrected chi connectivity index (χ1v) is 7.02. The Kier molecular flexibility index (Phi) is 4.84.